The van der Waals surface area contributed by atoms with E-state index in [4.69, 9.17) is 23.2 Å². The molecule has 2 unspecified atom stereocenters. The number of benzene rings is 1. The number of aliphatic hydroxyl groups is 1. The summed E-state index contributed by atoms with van der Waals surface area (Å²) in [4.78, 5) is 0. The van der Waals surface area contributed by atoms with Gasteiger partial charge >= 0.3 is 0 Å². The van der Waals surface area contributed by atoms with E-state index in [1.807, 2.05) is 12.1 Å². The molecule has 0 aliphatic carbocycles. The van der Waals surface area contributed by atoms with E-state index in [0.29, 0.717) is 16.5 Å². The monoisotopic (exact) mass is 273 g/mol. The summed E-state index contributed by atoms with van der Waals surface area (Å²) in [6.45, 7) is 3.70. The Morgan fingerprint density at radius 3 is 2.94 bits per heavy atom. The topological polar surface area (TPSA) is 32.3 Å². The van der Waals surface area contributed by atoms with Gasteiger partial charge in [0.1, 0.15) is 0 Å². The van der Waals surface area contributed by atoms with Crippen molar-refractivity contribution in [2.24, 2.45) is 5.92 Å². The molecule has 0 spiro atoms. The second-order valence-corrected chi connectivity index (χ2v) is 5.37. The molecule has 4 heteroatoms. The van der Waals surface area contributed by atoms with Crippen LogP contribution in [0.15, 0.2) is 18.2 Å². The summed E-state index contributed by atoms with van der Waals surface area (Å²) in [5.74, 6) is 0.173. The molecule has 0 bridgehead atoms. The molecule has 1 aliphatic heterocycles. The maximum atomic E-state index is 10.9. The van der Waals surface area contributed by atoms with Gasteiger partial charge in [-0.15, -0.1) is 0 Å². The smallest absolute Gasteiger partial charge is 0.0963 e. The Kier molecular flexibility index (Phi) is 3.99. The van der Waals surface area contributed by atoms with E-state index in [9.17, 15) is 5.11 Å². The molecular weight excluding hydrogens is 257 g/mol. The zero-order chi connectivity index (χ0) is 12.5. The van der Waals surface area contributed by atoms with E-state index in [1.165, 1.54) is 0 Å². The van der Waals surface area contributed by atoms with E-state index in [0.717, 1.165) is 25.1 Å². The Labute approximate surface area is 112 Å². The lowest BCUT2D eigenvalue weighted by Gasteiger charge is -2.41. The number of piperidine rings is 1. The molecule has 2 N–H and O–H groups in total. The Hall–Kier alpha value is -0.280. The van der Waals surface area contributed by atoms with Gasteiger partial charge in [0, 0.05) is 18.0 Å². The first-order valence-electron chi connectivity index (χ1n) is 5.97. The molecule has 1 fully saturated rings. The van der Waals surface area contributed by atoms with Crippen molar-refractivity contribution in [3.63, 3.8) is 0 Å². The summed E-state index contributed by atoms with van der Waals surface area (Å²) in [7, 11) is 0. The standard InChI is InChI=1S/C13H17Cl2NO/c1-2-9-8-16-7-6-13(9,17)10-4-3-5-11(14)12(10)15/h3-5,9,16-17H,2,6-8H2,1H3. The van der Waals surface area contributed by atoms with Crippen LogP contribution < -0.4 is 5.32 Å². The maximum absolute atomic E-state index is 10.9. The maximum Gasteiger partial charge on any atom is 0.0963 e. The molecule has 94 valence electrons. The second-order valence-electron chi connectivity index (χ2n) is 4.58. The molecule has 0 amide bonds. The minimum Gasteiger partial charge on any atom is -0.385 e. The van der Waals surface area contributed by atoms with Gasteiger partial charge in [-0.2, -0.15) is 0 Å². The predicted octanol–water partition coefficient (Wildman–Crippen LogP) is 3.20. The average Bonchev–Trinajstić information content (AvgIpc) is 2.33. The minimum atomic E-state index is -0.859. The van der Waals surface area contributed by atoms with Gasteiger partial charge in [0.05, 0.1) is 15.6 Å². The van der Waals surface area contributed by atoms with Crippen LogP contribution in [0.4, 0.5) is 0 Å². The summed E-state index contributed by atoms with van der Waals surface area (Å²) in [5.41, 5.74) is -0.0952. The van der Waals surface area contributed by atoms with Gasteiger partial charge < -0.3 is 10.4 Å². The van der Waals surface area contributed by atoms with Crippen LogP contribution in [0.2, 0.25) is 10.0 Å². The van der Waals surface area contributed by atoms with Crippen molar-refractivity contribution >= 4 is 23.2 Å². The van der Waals surface area contributed by atoms with Crippen LogP contribution in [0.1, 0.15) is 25.3 Å². The fraction of sp³-hybridized carbons (Fsp3) is 0.538. The third-order valence-electron chi connectivity index (χ3n) is 3.66. The fourth-order valence-corrected chi connectivity index (χ4v) is 3.07. The van der Waals surface area contributed by atoms with Gasteiger partial charge in [0.15, 0.2) is 0 Å². The molecule has 1 saturated heterocycles. The highest BCUT2D eigenvalue weighted by molar-refractivity contribution is 6.42. The van der Waals surface area contributed by atoms with E-state index >= 15 is 0 Å². The van der Waals surface area contributed by atoms with Crippen LogP contribution in [-0.2, 0) is 5.60 Å². The molecule has 2 rings (SSSR count). The van der Waals surface area contributed by atoms with Crippen molar-refractivity contribution in [2.45, 2.75) is 25.4 Å². The fourth-order valence-electron chi connectivity index (χ4n) is 2.60. The molecular formula is C13H17Cl2NO. The second kappa shape index (κ2) is 5.15. The van der Waals surface area contributed by atoms with Gasteiger partial charge in [-0.25, -0.2) is 0 Å². The summed E-state index contributed by atoms with van der Waals surface area (Å²) in [6.07, 6.45) is 1.58. The lowest BCUT2D eigenvalue weighted by Crippen LogP contribution is -2.48. The van der Waals surface area contributed by atoms with Crippen molar-refractivity contribution in [1.29, 1.82) is 0 Å². The first kappa shape index (κ1) is 13.2. The number of hydrogen-bond acceptors (Lipinski definition) is 2. The Bertz CT molecular complexity index is 410. The number of rotatable bonds is 2. The van der Waals surface area contributed by atoms with Gasteiger partial charge in [-0.05, 0) is 25.5 Å². The normalized spacial score (nSPS) is 29.3. The van der Waals surface area contributed by atoms with Crippen LogP contribution in [-0.4, -0.2) is 18.2 Å². The highest BCUT2D eigenvalue weighted by atomic mass is 35.5. The van der Waals surface area contributed by atoms with Crippen LogP contribution in [0.3, 0.4) is 0 Å². The highest BCUT2D eigenvalue weighted by Gasteiger charge is 2.40. The summed E-state index contributed by atoms with van der Waals surface area (Å²) in [6, 6.07) is 5.47. The third-order valence-corrected chi connectivity index (χ3v) is 4.48. The molecule has 2 nitrogen and oxygen atoms in total. The van der Waals surface area contributed by atoms with Crippen LogP contribution in [0.25, 0.3) is 0 Å². The first-order chi connectivity index (χ1) is 8.09. The SMILES string of the molecule is CCC1CNCCC1(O)c1cccc(Cl)c1Cl. The van der Waals surface area contributed by atoms with E-state index in [2.05, 4.69) is 12.2 Å². The molecule has 2 atom stereocenters. The van der Waals surface area contributed by atoms with Crippen molar-refractivity contribution in [3.05, 3.63) is 33.8 Å². The van der Waals surface area contributed by atoms with Crippen LogP contribution in [0, 0.1) is 5.92 Å². The van der Waals surface area contributed by atoms with E-state index < -0.39 is 5.60 Å². The lowest BCUT2D eigenvalue weighted by atomic mass is 9.75. The zero-order valence-corrected chi connectivity index (χ0v) is 11.4. The van der Waals surface area contributed by atoms with E-state index in [-0.39, 0.29) is 5.92 Å². The van der Waals surface area contributed by atoms with Gasteiger partial charge in [-0.1, -0.05) is 42.3 Å². The average molecular weight is 274 g/mol. The molecule has 1 aromatic rings. The van der Waals surface area contributed by atoms with Gasteiger partial charge in [0.2, 0.25) is 0 Å². The Morgan fingerprint density at radius 2 is 2.24 bits per heavy atom. The van der Waals surface area contributed by atoms with Crippen molar-refractivity contribution < 1.29 is 5.11 Å². The van der Waals surface area contributed by atoms with Gasteiger partial charge in [0.25, 0.3) is 0 Å². The Morgan fingerprint density at radius 1 is 1.47 bits per heavy atom. The largest absolute Gasteiger partial charge is 0.385 e. The third kappa shape index (κ3) is 2.32. The highest BCUT2D eigenvalue weighted by Crippen LogP contribution is 2.42. The lowest BCUT2D eigenvalue weighted by molar-refractivity contribution is -0.0477. The molecule has 1 aliphatic rings. The summed E-state index contributed by atoms with van der Waals surface area (Å²) >= 11 is 12.3. The van der Waals surface area contributed by atoms with Crippen LogP contribution >= 0.6 is 23.2 Å². The zero-order valence-electron chi connectivity index (χ0n) is 9.84. The van der Waals surface area contributed by atoms with Gasteiger partial charge in [-0.3, -0.25) is 0 Å². The predicted molar refractivity (Wildman–Crippen MR) is 71.6 cm³/mol. The number of halogens is 2. The summed E-state index contributed by atoms with van der Waals surface area (Å²) < 4.78 is 0. The van der Waals surface area contributed by atoms with Crippen molar-refractivity contribution in [3.8, 4) is 0 Å². The molecule has 1 aromatic carbocycles. The molecule has 0 saturated carbocycles. The van der Waals surface area contributed by atoms with Crippen LogP contribution in [0.5, 0.6) is 0 Å². The first-order valence-corrected chi connectivity index (χ1v) is 6.72. The molecule has 17 heavy (non-hydrogen) atoms. The molecule has 0 aromatic heterocycles. The summed E-state index contributed by atoms with van der Waals surface area (Å²) in [5, 5.41) is 15.2. The van der Waals surface area contributed by atoms with Crippen molar-refractivity contribution in [2.75, 3.05) is 13.1 Å². The van der Waals surface area contributed by atoms with E-state index in [1.54, 1.807) is 6.07 Å². The molecule has 0 radical (unpaired) electrons. The number of hydrogen-bond donors (Lipinski definition) is 2. The number of nitrogens with one attached hydrogen (secondary N) is 1. The molecule has 1 heterocycles. The van der Waals surface area contributed by atoms with Crippen molar-refractivity contribution in [1.82, 2.24) is 5.32 Å². The Balaban J connectivity index is 2.45. The quantitative estimate of drug-likeness (QED) is 0.868. The minimum absolute atomic E-state index is 0.173.